The standard InChI is InChI=1S/C17H28N2OS/c1-13(2)19-17(4,16(18)20)10-5-6-11-21-15-9-7-8-14(3)12-15/h7-9,12-13,19H,5-6,10-11H2,1-4H3,(H2,18,20). The second-order valence-corrected chi connectivity index (χ2v) is 7.29. The second kappa shape index (κ2) is 8.44. The van der Waals surface area contributed by atoms with Crippen molar-refractivity contribution in [1.82, 2.24) is 5.32 Å². The molecule has 0 radical (unpaired) electrons. The van der Waals surface area contributed by atoms with Crippen LogP contribution >= 0.6 is 11.8 Å². The summed E-state index contributed by atoms with van der Waals surface area (Å²) in [7, 11) is 0. The number of rotatable bonds is 9. The summed E-state index contributed by atoms with van der Waals surface area (Å²) in [6.45, 7) is 8.09. The molecule has 0 heterocycles. The third-order valence-corrected chi connectivity index (χ3v) is 4.56. The Balaban J connectivity index is 2.33. The highest BCUT2D eigenvalue weighted by atomic mass is 32.2. The molecule has 0 aliphatic rings. The molecule has 1 amide bonds. The lowest BCUT2D eigenvalue weighted by atomic mass is 9.93. The van der Waals surface area contributed by atoms with Gasteiger partial charge in [0.25, 0.3) is 0 Å². The molecule has 118 valence electrons. The van der Waals surface area contributed by atoms with Crippen molar-refractivity contribution in [3.63, 3.8) is 0 Å². The third-order valence-electron chi connectivity index (χ3n) is 3.48. The molecule has 0 aliphatic carbocycles. The van der Waals surface area contributed by atoms with Crippen LogP contribution in [-0.2, 0) is 4.79 Å². The minimum atomic E-state index is -0.595. The maximum Gasteiger partial charge on any atom is 0.237 e. The highest BCUT2D eigenvalue weighted by molar-refractivity contribution is 7.99. The molecule has 1 rings (SSSR count). The SMILES string of the molecule is Cc1cccc(SCCCCC(C)(NC(C)C)C(N)=O)c1. The Kier molecular flexibility index (Phi) is 7.26. The molecule has 4 heteroatoms. The van der Waals surface area contributed by atoms with Crippen LogP contribution in [0.25, 0.3) is 0 Å². The molecule has 0 saturated heterocycles. The van der Waals surface area contributed by atoms with Crippen LogP contribution in [0.4, 0.5) is 0 Å². The third kappa shape index (κ3) is 6.53. The van der Waals surface area contributed by atoms with Gasteiger partial charge in [-0.2, -0.15) is 0 Å². The fraction of sp³-hybridized carbons (Fsp3) is 0.588. The number of carbonyl (C=O) groups excluding carboxylic acids is 1. The number of thioether (sulfide) groups is 1. The fourth-order valence-electron chi connectivity index (χ4n) is 2.38. The summed E-state index contributed by atoms with van der Waals surface area (Å²) in [5, 5.41) is 3.29. The zero-order valence-corrected chi connectivity index (χ0v) is 14.4. The highest BCUT2D eigenvalue weighted by Crippen LogP contribution is 2.22. The summed E-state index contributed by atoms with van der Waals surface area (Å²) >= 11 is 1.87. The van der Waals surface area contributed by atoms with Crippen LogP contribution < -0.4 is 11.1 Å². The van der Waals surface area contributed by atoms with Gasteiger partial charge in [-0.05, 0) is 58.4 Å². The fourth-order valence-corrected chi connectivity index (χ4v) is 3.41. The average Bonchev–Trinajstić information content (AvgIpc) is 2.37. The molecule has 1 atom stereocenters. The monoisotopic (exact) mass is 308 g/mol. The minimum absolute atomic E-state index is 0.254. The van der Waals surface area contributed by atoms with E-state index in [4.69, 9.17) is 5.73 Å². The van der Waals surface area contributed by atoms with Crippen LogP contribution in [0.2, 0.25) is 0 Å². The van der Waals surface area contributed by atoms with E-state index in [-0.39, 0.29) is 11.9 Å². The Hall–Kier alpha value is -1.00. The Morgan fingerprint density at radius 1 is 1.38 bits per heavy atom. The molecule has 1 unspecified atom stereocenters. The van der Waals surface area contributed by atoms with Crippen molar-refractivity contribution >= 4 is 17.7 Å². The van der Waals surface area contributed by atoms with Crippen molar-refractivity contribution < 1.29 is 4.79 Å². The van der Waals surface area contributed by atoms with Crippen molar-refractivity contribution in [3.05, 3.63) is 29.8 Å². The van der Waals surface area contributed by atoms with Gasteiger partial charge < -0.3 is 11.1 Å². The van der Waals surface area contributed by atoms with Gasteiger partial charge >= 0.3 is 0 Å². The van der Waals surface area contributed by atoms with Crippen molar-refractivity contribution in [2.45, 2.75) is 63.4 Å². The molecule has 1 aromatic carbocycles. The first-order chi connectivity index (χ1) is 9.83. The normalized spacial score (nSPS) is 14.1. The smallest absolute Gasteiger partial charge is 0.237 e. The summed E-state index contributed by atoms with van der Waals surface area (Å²) in [5.74, 6) is 0.808. The lowest BCUT2D eigenvalue weighted by Crippen LogP contribution is -2.55. The van der Waals surface area contributed by atoms with Gasteiger partial charge in [0.1, 0.15) is 0 Å². The number of nitrogens with one attached hydrogen (secondary N) is 1. The summed E-state index contributed by atoms with van der Waals surface area (Å²) < 4.78 is 0. The summed E-state index contributed by atoms with van der Waals surface area (Å²) in [4.78, 5) is 12.9. The van der Waals surface area contributed by atoms with E-state index in [1.807, 2.05) is 32.5 Å². The molecule has 3 nitrogen and oxygen atoms in total. The Bertz CT molecular complexity index is 462. The van der Waals surface area contributed by atoms with Crippen LogP contribution in [0, 0.1) is 6.92 Å². The van der Waals surface area contributed by atoms with Gasteiger partial charge in [0, 0.05) is 10.9 Å². The molecule has 21 heavy (non-hydrogen) atoms. The van der Waals surface area contributed by atoms with Gasteiger partial charge in [0.2, 0.25) is 5.91 Å². The van der Waals surface area contributed by atoms with Gasteiger partial charge in [-0.15, -0.1) is 11.8 Å². The van der Waals surface area contributed by atoms with E-state index in [0.29, 0.717) is 0 Å². The maximum absolute atomic E-state index is 11.6. The Morgan fingerprint density at radius 3 is 2.67 bits per heavy atom. The van der Waals surface area contributed by atoms with E-state index in [1.165, 1.54) is 10.5 Å². The first-order valence-electron chi connectivity index (χ1n) is 7.60. The predicted molar refractivity (Wildman–Crippen MR) is 91.6 cm³/mol. The zero-order chi connectivity index (χ0) is 15.9. The predicted octanol–water partition coefficient (Wildman–Crippen LogP) is 3.50. The molecule has 1 aromatic rings. The first-order valence-corrected chi connectivity index (χ1v) is 8.59. The number of unbranched alkanes of at least 4 members (excludes halogenated alkanes) is 1. The van der Waals surface area contributed by atoms with Crippen molar-refractivity contribution in [2.75, 3.05) is 5.75 Å². The van der Waals surface area contributed by atoms with Gasteiger partial charge in [-0.3, -0.25) is 4.79 Å². The minimum Gasteiger partial charge on any atom is -0.368 e. The molecule has 0 aromatic heterocycles. The number of benzene rings is 1. The molecule has 0 spiro atoms. The molecule has 0 bridgehead atoms. The number of hydrogen-bond acceptors (Lipinski definition) is 3. The van der Waals surface area contributed by atoms with Gasteiger partial charge in [-0.1, -0.05) is 24.1 Å². The maximum atomic E-state index is 11.6. The molecule has 3 N–H and O–H groups in total. The number of primary amides is 1. The number of hydrogen-bond donors (Lipinski definition) is 2. The van der Waals surface area contributed by atoms with Crippen molar-refractivity contribution in [1.29, 1.82) is 0 Å². The van der Waals surface area contributed by atoms with Gasteiger partial charge in [-0.25, -0.2) is 0 Å². The van der Waals surface area contributed by atoms with Gasteiger partial charge in [0.05, 0.1) is 5.54 Å². The van der Waals surface area contributed by atoms with E-state index in [9.17, 15) is 4.79 Å². The molecular formula is C17H28N2OS. The number of aryl methyl sites for hydroxylation is 1. The van der Waals surface area contributed by atoms with E-state index >= 15 is 0 Å². The summed E-state index contributed by atoms with van der Waals surface area (Å²) in [5.41, 5.74) is 6.23. The second-order valence-electron chi connectivity index (χ2n) is 6.12. The van der Waals surface area contributed by atoms with Crippen molar-refractivity contribution in [3.8, 4) is 0 Å². The van der Waals surface area contributed by atoms with Crippen LogP contribution in [0.1, 0.15) is 45.6 Å². The Morgan fingerprint density at radius 2 is 2.10 bits per heavy atom. The quantitative estimate of drug-likeness (QED) is 0.542. The van der Waals surface area contributed by atoms with Gasteiger partial charge in [0.15, 0.2) is 0 Å². The largest absolute Gasteiger partial charge is 0.368 e. The topological polar surface area (TPSA) is 55.1 Å². The first kappa shape index (κ1) is 18.1. The lowest BCUT2D eigenvalue weighted by molar-refractivity contribution is -0.124. The van der Waals surface area contributed by atoms with Crippen LogP contribution in [0.15, 0.2) is 29.2 Å². The molecule has 0 saturated carbocycles. The number of amides is 1. The highest BCUT2D eigenvalue weighted by Gasteiger charge is 2.30. The number of carbonyl (C=O) groups is 1. The van der Waals surface area contributed by atoms with E-state index in [0.717, 1.165) is 25.0 Å². The molecule has 0 aliphatic heterocycles. The summed E-state index contributed by atoms with van der Waals surface area (Å²) in [6, 6.07) is 8.81. The van der Waals surface area contributed by atoms with Crippen LogP contribution in [0.3, 0.4) is 0 Å². The Labute approximate surface area is 133 Å². The summed E-state index contributed by atoms with van der Waals surface area (Å²) in [6.07, 6.45) is 2.87. The van der Waals surface area contributed by atoms with E-state index < -0.39 is 5.54 Å². The molecule has 0 fully saturated rings. The number of nitrogens with two attached hydrogens (primary N) is 1. The van der Waals surface area contributed by atoms with E-state index in [1.54, 1.807) is 0 Å². The van der Waals surface area contributed by atoms with Crippen LogP contribution in [-0.4, -0.2) is 23.2 Å². The van der Waals surface area contributed by atoms with Crippen LogP contribution in [0.5, 0.6) is 0 Å². The van der Waals surface area contributed by atoms with E-state index in [2.05, 4.69) is 36.5 Å². The lowest BCUT2D eigenvalue weighted by Gasteiger charge is -2.29. The molecular weight excluding hydrogens is 280 g/mol. The zero-order valence-electron chi connectivity index (χ0n) is 13.6. The van der Waals surface area contributed by atoms with Crippen molar-refractivity contribution in [2.24, 2.45) is 5.73 Å². The average molecular weight is 308 g/mol.